The van der Waals surface area contributed by atoms with E-state index >= 15 is 0 Å². The number of nitrogens with one attached hydrogen (secondary N) is 1. The molecule has 2 aromatic rings. The normalized spacial score (nSPS) is 14.7. The molecule has 2 amide bonds. The topological polar surface area (TPSA) is 78.4 Å². The number of nitrogens with zero attached hydrogens (tertiary/aromatic N) is 4. The Morgan fingerprint density at radius 2 is 1.69 bits per heavy atom. The van der Waals surface area contributed by atoms with Crippen molar-refractivity contribution in [2.24, 2.45) is 0 Å². The first-order valence-corrected chi connectivity index (χ1v) is 9.92. The predicted molar refractivity (Wildman–Crippen MR) is 114 cm³/mol. The van der Waals surface area contributed by atoms with E-state index in [4.69, 9.17) is 0 Å². The van der Waals surface area contributed by atoms with Crippen LogP contribution in [-0.4, -0.2) is 52.9 Å². The van der Waals surface area contributed by atoms with Gasteiger partial charge >= 0.3 is 0 Å². The summed E-state index contributed by atoms with van der Waals surface area (Å²) in [7, 11) is 0. The van der Waals surface area contributed by atoms with Crippen LogP contribution in [0.2, 0.25) is 0 Å². The molecule has 0 saturated carbocycles. The van der Waals surface area contributed by atoms with Crippen LogP contribution in [0.3, 0.4) is 0 Å². The van der Waals surface area contributed by atoms with Gasteiger partial charge in [0.1, 0.15) is 17.3 Å². The molecule has 7 nitrogen and oxygen atoms in total. The molecule has 0 bridgehead atoms. The van der Waals surface area contributed by atoms with E-state index in [1.165, 1.54) is 0 Å². The van der Waals surface area contributed by atoms with Crippen molar-refractivity contribution in [3.8, 4) is 0 Å². The lowest BCUT2D eigenvalue weighted by molar-refractivity contribution is -0.129. The van der Waals surface area contributed by atoms with Gasteiger partial charge < -0.3 is 15.1 Å². The van der Waals surface area contributed by atoms with Crippen LogP contribution < -0.4 is 10.2 Å². The molecule has 1 aliphatic heterocycles. The summed E-state index contributed by atoms with van der Waals surface area (Å²) in [6, 6.07) is 9.56. The monoisotopic (exact) mass is 395 g/mol. The third kappa shape index (κ3) is 4.91. The van der Waals surface area contributed by atoms with Crippen LogP contribution >= 0.6 is 0 Å². The molecule has 0 aliphatic carbocycles. The van der Waals surface area contributed by atoms with Crippen LogP contribution in [0.25, 0.3) is 0 Å². The summed E-state index contributed by atoms with van der Waals surface area (Å²) in [6.45, 7) is 12.4. The van der Waals surface area contributed by atoms with Crippen LogP contribution in [0.5, 0.6) is 0 Å². The Balaban J connectivity index is 1.80. The van der Waals surface area contributed by atoms with Gasteiger partial charge in [0.2, 0.25) is 5.91 Å². The molecule has 1 N–H and O–H groups in total. The van der Waals surface area contributed by atoms with Gasteiger partial charge in [0.25, 0.3) is 5.91 Å². The average Bonchev–Trinajstić information content (AvgIpc) is 2.67. The van der Waals surface area contributed by atoms with Crippen molar-refractivity contribution in [3.63, 3.8) is 0 Å². The molecule has 1 aliphatic rings. The number of carbonyl (C=O) groups is 2. The van der Waals surface area contributed by atoms with Gasteiger partial charge in [0.15, 0.2) is 0 Å². The molecule has 0 spiro atoms. The molecule has 3 rings (SSSR count). The molecule has 2 heterocycles. The Labute approximate surface area is 172 Å². The molecular weight excluding hydrogens is 366 g/mol. The van der Waals surface area contributed by atoms with Gasteiger partial charge in [0.05, 0.1) is 0 Å². The fourth-order valence-corrected chi connectivity index (χ4v) is 3.51. The van der Waals surface area contributed by atoms with Crippen molar-refractivity contribution in [1.82, 2.24) is 14.9 Å². The number of carbonyl (C=O) groups excluding carboxylic acids is 2. The minimum absolute atomic E-state index is 0.0844. The second-order valence-electron chi connectivity index (χ2n) is 8.40. The SMILES string of the molecule is CC(=O)N1CCN(c2cc(C(=O)Nc3ccccc3C(C)(C)C)nc(C)n2)CC1. The van der Waals surface area contributed by atoms with Crippen LogP contribution in [0.15, 0.2) is 30.3 Å². The van der Waals surface area contributed by atoms with E-state index in [0.717, 1.165) is 17.1 Å². The Bertz CT molecular complexity index is 912. The second kappa shape index (κ2) is 8.19. The number of amides is 2. The summed E-state index contributed by atoms with van der Waals surface area (Å²) < 4.78 is 0. The van der Waals surface area contributed by atoms with Gasteiger partial charge in [-0.05, 0) is 24.0 Å². The highest BCUT2D eigenvalue weighted by Gasteiger charge is 2.23. The Morgan fingerprint density at radius 3 is 2.31 bits per heavy atom. The second-order valence-corrected chi connectivity index (χ2v) is 8.40. The molecule has 0 unspecified atom stereocenters. The number of piperazine rings is 1. The highest BCUT2D eigenvalue weighted by Crippen LogP contribution is 2.29. The smallest absolute Gasteiger partial charge is 0.274 e. The van der Waals surface area contributed by atoms with Crippen LogP contribution in [0.4, 0.5) is 11.5 Å². The van der Waals surface area contributed by atoms with Crippen molar-refractivity contribution >= 4 is 23.3 Å². The zero-order valence-electron chi connectivity index (χ0n) is 17.8. The lowest BCUT2D eigenvalue weighted by atomic mass is 9.86. The summed E-state index contributed by atoms with van der Waals surface area (Å²) in [5.41, 5.74) is 2.11. The van der Waals surface area contributed by atoms with Gasteiger partial charge in [-0.25, -0.2) is 9.97 Å². The third-order valence-electron chi connectivity index (χ3n) is 5.09. The van der Waals surface area contributed by atoms with Crippen LogP contribution in [0.1, 0.15) is 49.6 Å². The molecule has 1 aromatic heterocycles. The van der Waals surface area contributed by atoms with Gasteiger partial charge in [-0.1, -0.05) is 39.0 Å². The van der Waals surface area contributed by atoms with Crippen molar-refractivity contribution in [3.05, 3.63) is 47.4 Å². The predicted octanol–water partition coefficient (Wildman–Crippen LogP) is 3.00. The molecule has 29 heavy (non-hydrogen) atoms. The quantitative estimate of drug-likeness (QED) is 0.864. The fraction of sp³-hybridized carbons (Fsp3) is 0.455. The van der Waals surface area contributed by atoms with Crippen molar-refractivity contribution < 1.29 is 9.59 Å². The van der Waals surface area contributed by atoms with Crippen molar-refractivity contribution in [1.29, 1.82) is 0 Å². The fourth-order valence-electron chi connectivity index (χ4n) is 3.51. The molecule has 7 heteroatoms. The van der Waals surface area contributed by atoms with E-state index in [2.05, 4.69) is 41.0 Å². The van der Waals surface area contributed by atoms with E-state index in [1.54, 1.807) is 19.9 Å². The molecule has 1 saturated heterocycles. The van der Waals surface area contributed by atoms with E-state index in [0.29, 0.717) is 37.7 Å². The number of aryl methyl sites for hydroxylation is 1. The number of hydrogen-bond acceptors (Lipinski definition) is 5. The molecule has 1 aromatic carbocycles. The van der Waals surface area contributed by atoms with Crippen molar-refractivity contribution in [2.45, 2.75) is 40.0 Å². The number of aromatic nitrogens is 2. The lowest BCUT2D eigenvalue weighted by Crippen LogP contribution is -2.48. The van der Waals surface area contributed by atoms with Gasteiger partial charge in [-0.15, -0.1) is 0 Å². The summed E-state index contributed by atoms with van der Waals surface area (Å²) in [4.78, 5) is 37.3. The number of benzene rings is 1. The maximum absolute atomic E-state index is 12.9. The third-order valence-corrected chi connectivity index (χ3v) is 5.09. The summed E-state index contributed by atoms with van der Waals surface area (Å²) in [5.74, 6) is 1.10. The highest BCUT2D eigenvalue weighted by atomic mass is 16.2. The average molecular weight is 396 g/mol. The van der Waals surface area contributed by atoms with E-state index in [-0.39, 0.29) is 17.2 Å². The van der Waals surface area contributed by atoms with Gasteiger partial charge in [-0.3, -0.25) is 9.59 Å². The first-order valence-electron chi connectivity index (χ1n) is 9.92. The standard InChI is InChI=1S/C22H29N5O2/c1-15-23-19(14-20(24-15)27-12-10-26(11-13-27)16(2)28)21(29)25-18-9-7-6-8-17(18)22(3,4)5/h6-9,14H,10-13H2,1-5H3,(H,25,29). The maximum atomic E-state index is 12.9. The zero-order chi connectivity index (χ0) is 21.2. The molecule has 154 valence electrons. The van der Waals surface area contributed by atoms with Crippen molar-refractivity contribution in [2.75, 3.05) is 36.4 Å². The lowest BCUT2D eigenvalue weighted by Gasteiger charge is -2.35. The van der Waals surface area contributed by atoms with Gasteiger partial charge in [-0.2, -0.15) is 0 Å². The summed E-state index contributed by atoms with van der Waals surface area (Å²) >= 11 is 0. The zero-order valence-corrected chi connectivity index (χ0v) is 17.8. The molecular formula is C22H29N5O2. The largest absolute Gasteiger partial charge is 0.353 e. The number of para-hydroxylation sites is 1. The first-order chi connectivity index (χ1) is 13.6. The summed E-state index contributed by atoms with van der Waals surface area (Å²) in [6.07, 6.45) is 0. The molecule has 0 atom stereocenters. The van der Waals surface area contributed by atoms with E-state index < -0.39 is 0 Å². The van der Waals surface area contributed by atoms with E-state index in [9.17, 15) is 9.59 Å². The maximum Gasteiger partial charge on any atom is 0.274 e. The minimum Gasteiger partial charge on any atom is -0.353 e. The minimum atomic E-state index is -0.254. The molecule has 0 radical (unpaired) electrons. The van der Waals surface area contributed by atoms with Gasteiger partial charge in [0, 0.05) is 44.9 Å². The number of hydrogen-bond donors (Lipinski definition) is 1. The highest BCUT2D eigenvalue weighted by molar-refractivity contribution is 6.03. The Kier molecular flexibility index (Phi) is 5.86. The van der Waals surface area contributed by atoms with Crippen LogP contribution in [0, 0.1) is 6.92 Å². The Morgan fingerprint density at radius 1 is 1.03 bits per heavy atom. The first kappa shape index (κ1) is 20.8. The van der Waals surface area contributed by atoms with Crippen LogP contribution in [-0.2, 0) is 10.2 Å². The molecule has 1 fully saturated rings. The van der Waals surface area contributed by atoms with E-state index in [1.807, 2.05) is 29.2 Å². The number of anilines is 2. The number of rotatable bonds is 3. The Hall–Kier alpha value is -2.96. The summed E-state index contributed by atoms with van der Waals surface area (Å²) in [5, 5.41) is 3.01.